The summed E-state index contributed by atoms with van der Waals surface area (Å²) in [5.41, 5.74) is 4.53. The van der Waals surface area contributed by atoms with Crippen molar-refractivity contribution in [2.75, 3.05) is 5.43 Å². The Hall–Kier alpha value is -3.03. The highest BCUT2D eigenvalue weighted by atomic mass is 16.9. The number of nitrogens with zero attached hydrogens (tertiary/aromatic N) is 6. The van der Waals surface area contributed by atoms with Crippen LogP contribution < -0.4 is 10.9 Å². The third kappa shape index (κ3) is 2.07. The van der Waals surface area contributed by atoms with Crippen molar-refractivity contribution >= 4 is 11.7 Å². The molecule has 1 aromatic rings. The third-order valence-corrected chi connectivity index (χ3v) is 1.73. The summed E-state index contributed by atoms with van der Waals surface area (Å²) < 4.78 is 4.23. The minimum Gasteiger partial charge on any atom is -0.358 e. The highest BCUT2D eigenvalue weighted by molar-refractivity contribution is 5.79. The quantitative estimate of drug-likeness (QED) is 0.468. The Morgan fingerprint density at radius 1 is 1.44 bits per heavy atom. The van der Waals surface area contributed by atoms with Gasteiger partial charge in [0, 0.05) is 0 Å². The molecule has 2 N–H and O–H groups in total. The molecule has 0 radical (unpaired) electrons. The zero-order chi connectivity index (χ0) is 13.1. The van der Waals surface area contributed by atoms with Gasteiger partial charge in [-0.15, -0.1) is 4.94 Å². The van der Waals surface area contributed by atoms with Gasteiger partial charge in [0.2, 0.25) is 10.9 Å². The largest absolute Gasteiger partial charge is 0.437 e. The molecule has 0 spiro atoms. The van der Waals surface area contributed by atoms with Gasteiger partial charge in [-0.05, 0) is 10.1 Å². The van der Waals surface area contributed by atoms with Crippen LogP contribution in [0.4, 0.5) is 5.82 Å². The van der Waals surface area contributed by atoms with Gasteiger partial charge < -0.3 is 10.1 Å². The molecule has 1 aliphatic rings. The second-order valence-corrected chi connectivity index (χ2v) is 2.79. The molecule has 14 nitrogen and oxygen atoms in total. The molecule has 18 heavy (non-hydrogen) atoms. The molecule has 0 fully saturated rings. The minimum atomic E-state index is -1.55. The van der Waals surface area contributed by atoms with Gasteiger partial charge in [0.05, 0.1) is 0 Å². The molecule has 1 aliphatic heterocycles. The van der Waals surface area contributed by atoms with Gasteiger partial charge in [-0.25, -0.2) is 14.7 Å². The van der Waals surface area contributed by atoms with E-state index in [-0.39, 0.29) is 11.0 Å². The Morgan fingerprint density at radius 2 is 2.22 bits per heavy atom. The second kappa shape index (κ2) is 4.45. The number of amidine groups is 1. The molecule has 0 aliphatic carbocycles. The number of oxime groups is 1. The summed E-state index contributed by atoms with van der Waals surface area (Å²) in [6.07, 6.45) is -0.408. The van der Waals surface area contributed by atoms with Gasteiger partial charge in [-0.1, -0.05) is 5.16 Å². The van der Waals surface area contributed by atoms with Crippen LogP contribution in [0.25, 0.3) is 0 Å². The van der Waals surface area contributed by atoms with Crippen molar-refractivity contribution < 1.29 is 19.5 Å². The van der Waals surface area contributed by atoms with Crippen LogP contribution in [0.3, 0.4) is 0 Å². The molecule has 0 saturated carbocycles. The summed E-state index contributed by atoms with van der Waals surface area (Å²) in [5, 5.41) is 29.7. The number of hydrogen-bond acceptors (Lipinski definition) is 11. The zero-order valence-corrected chi connectivity index (χ0v) is 8.29. The minimum absolute atomic E-state index is 0.0542. The molecule has 1 atom stereocenters. The van der Waals surface area contributed by atoms with Crippen molar-refractivity contribution in [3.05, 3.63) is 26.4 Å². The lowest BCUT2D eigenvalue weighted by Gasteiger charge is -2.11. The number of aromatic nitrogens is 2. The maximum absolute atomic E-state index is 10.6. The smallest absolute Gasteiger partial charge is 0.358 e. The van der Waals surface area contributed by atoms with E-state index >= 15 is 0 Å². The van der Waals surface area contributed by atoms with Gasteiger partial charge in [0.15, 0.2) is 5.16 Å². The lowest BCUT2D eigenvalue weighted by atomic mass is 10.5. The van der Waals surface area contributed by atoms with Crippen LogP contribution in [0.1, 0.15) is 0 Å². The monoisotopic (exact) mass is 260 g/mol. The van der Waals surface area contributed by atoms with Gasteiger partial charge in [0.1, 0.15) is 11.4 Å². The molecule has 0 aromatic carbocycles. The molecule has 1 aromatic heterocycles. The van der Waals surface area contributed by atoms with Gasteiger partial charge in [0.25, 0.3) is 0 Å². The fraction of sp³-hybridized carbons (Fsp3) is 0.250. The Kier molecular flexibility index (Phi) is 2.83. The van der Waals surface area contributed by atoms with Gasteiger partial charge in [-0.2, -0.15) is 5.43 Å². The SMILES string of the molecule is O=[N+]([O-])C1=NON([N+](=O)[O-])C1NNc1cnon1. The van der Waals surface area contributed by atoms with E-state index in [9.17, 15) is 20.2 Å². The normalized spacial score (nSPS) is 18.1. The number of hydroxylamine groups is 1. The van der Waals surface area contributed by atoms with Gasteiger partial charge >= 0.3 is 12.0 Å². The highest BCUT2D eigenvalue weighted by Gasteiger charge is 2.50. The Labute approximate surface area is 96.3 Å². The summed E-state index contributed by atoms with van der Waals surface area (Å²) >= 11 is 0. The lowest BCUT2D eigenvalue weighted by molar-refractivity contribution is -0.737. The predicted octanol–water partition coefficient (Wildman–Crippen LogP) is -1.66. The fourth-order valence-electron chi connectivity index (χ4n) is 1.02. The first kappa shape index (κ1) is 11.5. The van der Waals surface area contributed by atoms with E-state index < -0.39 is 22.0 Å². The van der Waals surface area contributed by atoms with Crippen LogP contribution >= 0.6 is 0 Å². The molecule has 2 heterocycles. The molecule has 0 saturated heterocycles. The van der Waals surface area contributed by atoms with Crippen molar-refractivity contribution in [1.82, 2.24) is 20.9 Å². The molecule has 96 valence electrons. The molecular formula is C4H4N8O6. The van der Waals surface area contributed by atoms with E-state index in [2.05, 4.69) is 35.9 Å². The fourth-order valence-corrected chi connectivity index (χ4v) is 1.02. The summed E-state index contributed by atoms with van der Waals surface area (Å²) in [6, 6.07) is 0. The molecule has 2 rings (SSSR count). The van der Waals surface area contributed by atoms with E-state index in [1.165, 1.54) is 0 Å². The van der Waals surface area contributed by atoms with E-state index in [1.807, 2.05) is 0 Å². The maximum atomic E-state index is 10.6. The Morgan fingerprint density at radius 3 is 2.78 bits per heavy atom. The second-order valence-electron chi connectivity index (χ2n) is 2.79. The lowest BCUT2D eigenvalue weighted by Crippen LogP contribution is -2.52. The van der Waals surface area contributed by atoms with Crippen LogP contribution in [0.2, 0.25) is 0 Å². The molecule has 14 heteroatoms. The number of hydrogen-bond donors (Lipinski definition) is 2. The number of rotatable bonds is 4. The van der Waals surface area contributed by atoms with Gasteiger partial charge in [-0.3, -0.25) is 5.43 Å². The van der Waals surface area contributed by atoms with Crippen LogP contribution in [0.5, 0.6) is 0 Å². The maximum Gasteiger partial charge on any atom is 0.437 e. The number of nitrogens with one attached hydrogen (secondary N) is 2. The Bertz CT molecular complexity index is 484. The van der Waals surface area contributed by atoms with Crippen LogP contribution in [0.15, 0.2) is 16.0 Å². The molecular weight excluding hydrogens is 256 g/mol. The molecule has 0 bridgehead atoms. The first-order chi connectivity index (χ1) is 8.59. The number of hydrazine groups is 2. The standard InChI is InChI=1S/C4H4N8O6/c13-11(14)4-3(10(12(15)16)18-9-4)7-6-2-1-5-17-8-2/h1,3,7H,(H,6,8). The van der Waals surface area contributed by atoms with Crippen molar-refractivity contribution in [2.45, 2.75) is 6.17 Å². The van der Waals surface area contributed by atoms with Crippen LogP contribution in [-0.4, -0.2) is 37.4 Å². The van der Waals surface area contributed by atoms with Crippen molar-refractivity contribution in [2.24, 2.45) is 5.16 Å². The zero-order valence-electron chi connectivity index (χ0n) is 8.29. The Balaban J connectivity index is 2.07. The van der Waals surface area contributed by atoms with Crippen molar-refractivity contribution in [3.63, 3.8) is 0 Å². The highest BCUT2D eigenvalue weighted by Crippen LogP contribution is 2.10. The summed E-state index contributed by atoms with van der Waals surface area (Å²) in [4.78, 5) is 24.4. The average molecular weight is 260 g/mol. The van der Waals surface area contributed by atoms with E-state index in [0.29, 0.717) is 0 Å². The van der Waals surface area contributed by atoms with Crippen LogP contribution in [0, 0.1) is 20.2 Å². The van der Waals surface area contributed by atoms with Crippen LogP contribution in [-0.2, 0) is 4.94 Å². The van der Waals surface area contributed by atoms with Crippen molar-refractivity contribution in [3.8, 4) is 0 Å². The van der Waals surface area contributed by atoms with E-state index in [1.54, 1.807) is 0 Å². The summed E-state index contributed by atoms with van der Waals surface area (Å²) in [7, 11) is 0. The number of anilines is 1. The molecule has 0 amide bonds. The average Bonchev–Trinajstić information content (AvgIpc) is 2.95. The third-order valence-electron chi connectivity index (χ3n) is 1.73. The first-order valence-electron chi connectivity index (χ1n) is 4.21. The topological polar surface area (TPSA) is 174 Å². The summed E-state index contributed by atoms with van der Waals surface area (Å²) in [6.45, 7) is 0. The predicted molar refractivity (Wildman–Crippen MR) is 49.2 cm³/mol. The molecule has 1 unspecified atom stereocenters. The van der Waals surface area contributed by atoms with E-state index in [4.69, 9.17) is 0 Å². The first-order valence-corrected chi connectivity index (χ1v) is 4.21. The number of nitro groups is 2. The van der Waals surface area contributed by atoms with Crippen molar-refractivity contribution in [1.29, 1.82) is 0 Å². The van der Waals surface area contributed by atoms with E-state index in [0.717, 1.165) is 6.20 Å². The summed E-state index contributed by atoms with van der Waals surface area (Å²) in [5.74, 6) is -0.733.